The number of nitrogens with zero attached hydrogens (tertiary/aromatic N) is 3. The zero-order valence-electron chi connectivity index (χ0n) is 13.8. The highest BCUT2D eigenvalue weighted by Crippen LogP contribution is 2.31. The number of hydrogen-bond acceptors (Lipinski definition) is 2. The highest BCUT2D eigenvalue weighted by Gasteiger charge is 2.32. The molecule has 0 radical (unpaired) electrons. The van der Waals surface area contributed by atoms with Crippen LogP contribution in [0.4, 0.5) is 4.79 Å². The summed E-state index contributed by atoms with van der Waals surface area (Å²) < 4.78 is 1.78. The highest BCUT2D eigenvalue weighted by molar-refractivity contribution is 5.75. The Morgan fingerprint density at radius 1 is 1.30 bits per heavy atom. The van der Waals surface area contributed by atoms with Crippen molar-refractivity contribution in [1.82, 2.24) is 20.0 Å². The van der Waals surface area contributed by atoms with Gasteiger partial charge in [0, 0.05) is 44.7 Å². The maximum atomic E-state index is 12.4. The fraction of sp³-hybridized carbons (Fsp3) is 0.444. The number of aromatic nitrogens is 2. The van der Waals surface area contributed by atoms with E-state index in [1.165, 1.54) is 5.56 Å². The van der Waals surface area contributed by atoms with Gasteiger partial charge in [0.1, 0.15) is 0 Å². The van der Waals surface area contributed by atoms with Gasteiger partial charge in [0.25, 0.3) is 0 Å². The zero-order chi connectivity index (χ0) is 16.2. The van der Waals surface area contributed by atoms with E-state index in [0.717, 1.165) is 25.1 Å². The molecule has 1 aromatic heterocycles. The third kappa shape index (κ3) is 3.73. The SMILES string of the molecule is CC1CC(c2ccccc2)CN1C(=O)NCCc1ccn(C)n1. The lowest BCUT2D eigenvalue weighted by Crippen LogP contribution is -2.42. The van der Waals surface area contributed by atoms with E-state index in [2.05, 4.69) is 41.6 Å². The van der Waals surface area contributed by atoms with E-state index in [0.29, 0.717) is 12.5 Å². The first kappa shape index (κ1) is 15.6. The predicted octanol–water partition coefficient (Wildman–Crippen LogP) is 2.55. The molecule has 23 heavy (non-hydrogen) atoms. The van der Waals surface area contributed by atoms with Crippen molar-refractivity contribution in [2.45, 2.75) is 31.7 Å². The number of rotatable bonds is 4. The fourth-order valence-corrected chi connectivity index (χ4v) is 3.28. The van der Waals surface area contributed by atoms with E-state index in [1.54, 1.807) is 4.68 Å². The Hall–Kier alpha value is -2.30. The number of carbonyl (C=O) groups is 1. The number of hydrogen-bond donors (Lipinski definition) is 1. The number of benzene rings is 1. The summed E-state index contributed by atoms with van der Waals surface area (Å²) in [5.74, 6) is 0.438. The molecule has 2 aromatic rings. The number of amides is 2. The smallest absolute Gasteiger partial charge is 0.317 e. The molecule has 2 atom stereocenters. The molecular weight excluding hydrogens is 288 g/mol. The van der Waals surface area contributed by atoms with Crippen LogP contribution in [0.15, 0.2) is 42.6 Å². The maximum absolute atomic E-state index is 12.4. The minimum absolute atomic E-state index is 0.0341. The zero-order valence-corrected chi connectivity index (χ0v) is 13.8. The standard InChI is InChI=1S/C18H24N4O/c1-14-12-16(15-6-4-3-5-7-15)13-22(14)18(23)19-10-8-17-9-11-21(2)20-17/h3-7,9,11,14,16H,8,10,12-13H2,1-2H3,(H,19,23). The average Bonchev–Trinajstić information content (AvgIpc) is 3.14. The van der Waals surface area contributed by atoms with Crippen LogP contribution in [-0.2, 0) is 13.5 Å². The molecule has 1 aromatic carbocycles. The first-order chi connectivity index (χ1) is 11.1. The number of nitrogens with one attached hydrogen (secondary N) is 1. The van der Waals surface area contributed by atoms with Crippen LogP contribution in [0.1, 0.15) is 30.5 Å². The van der Waals surface area contributed by atoms with Gasteiger partial charge in [-0.15, -0.1) is 0 Å². The third-order valence-corrected chi connectivity index (χ3v) is 4.53. The molecular formula is C18H24N4O. The summed E-state index contributed by atoms with van der Waals surface area (Å²) in [6, 6.07) is 12.8. The third-order valence-electron chi connectivity index (χ3n) is 4.53. The van der Waals surface area contributed by atoms with Gasteiger partial charge in [-0.2, -0.15) is 5.10 Å². The molecule has 0 bridgehead atoms. The van der Waals surface area contributed by atoms with Crippen molar-refractivity contribution in [3.63, 3.8) is 0 Å². The molecule has 1 saturated heterocycles. The van der Waals surface area contributed by atoms with E-state index in [4.69, 9.17) is 0 Å². The van der Waals surface area contributed by atoms with Crippen LogP contribution in [0.2, 0.25) is 0 Å². The maximum Gasteiger partial charge on any atom is 0.317 e. The minimum atomic E-state index is 0.0341. The van der Waals surface area contributed by atoms with E-state index in [9.17, 15) is 4.79 Å². The Morgan fingerprint density at radius 2 is 2.09 bits per heavy atom. The number of likely N-dealkylation sites (tertiary alicyclic amines) is 1. The van der Waals surface area contributed by atoms with Crippen LogP contribution in [0.25, 0.3) is 0 Å². The molecule has 0 spiro atoms. The van der Waals surface area contributed by atoms with Gasteiger partial charge < -0.3 is 10.2 Å². The molecule has 2 heterocycles. The Morgan fingerprint density at radius 3 is 2.78 bits per heavy atom. The fourth-order valence-electron chi connectivity index (χ4n) is 3.28. The molecule has 3 rings (SSSR count). The van der Waals surface area contributed by atoms with Crippen molar-refractivity contribution >= 4 is 6.03 Å². The molecule has 1 aliphatic heterocycles. The minimum Gasteiger partial charge on any atom is -0.338 e. The van der Waals surface area contributed by atoms with Gasteiger partial charge in [-0.3, -0.25) is 4.68 Å². The normalized spacial score (nSPS) is 20.7. The molecule has 5 heteroatoms. The first-order valence-corrected chi connectivity index (χ1v) is 8.21. The quantitative estimate of drug-likeness (QED) is 0.943. The molecule has 0 saturated carbocycles. The van der Waals surface area contributed by atoms with Crippen LogP contribution in [0, 0.1) is 0 Å². The van der Waals surface area contributed by atoms with Gasteiger partial charge in [0.15, 0.2) is 0 Å². The predicted molar refractivity (Wildman–Crippen MR) is 90.3 cm³/mol. The van der Waals surface area contributed by atoms with Gasteiger partial charge in [-0.25, -0.2) is 4.79 Å². The Bertz CT molecular complexity index is 652. The lowest BCUT2D eigenvalue weighted by Gasteiger charge is -2.21. The van der Waals surface area contributed by atoms with Crippen molar-refractivity contribution in [2.24, 2.45) is 7.05 Å². The van der Waals surface area contributed by atoms with Gasteiger partial charge in [-0.1, -0.05) is 30.3 Å². The molecule has 1 N–H and O–H groups in total. The Balaban J connectivity index is 1.51. The van der Waals surface area contributed by atoms with E-state index < -0.39 is 0 Å². The Kier molecular flexibility index (Phi) is 4.65. The van der Waals surface area contributed by atoms with Gasteiger partial charge in [-0.05, 0) is 25.0 Å². The number of carbonyl (C=O) groups excluding carboxylic acids is 1. The first-order valence-electron chi connectivity index (χ1n) is 8.21. The second-order valence-corrected chi connectivity index (χ2v) is 6.31. The van der Waals surface area contributed by atoms with Crippen molar-refractivity contribution in [3.05, 3.63) is 53.9 Å². The molecule has 0 aliphatic carbocycles. The molecule has 1 fully saturated rings. The topological polar surface area (TPSA) is 50.2 Å². The van der Waals surface area contributed by atoms with E-state index in [1.807, 2.05) is 30.3 Å². The van der Waals surface area contributed by atoms with E-state index in [-0.39, 0.29) is 12.1 Å². The molecule has 1 aliphatic rings. The molecule has 5 nitrogen and oxygen atoms in total. The van der Waals surface area contributed by atoms with Crippen LogP contribution >= 0.6 is 0 Å². The molecule has 2 unspecified atom stereocenters. The lowest BCUT2D eigenvalue weighted by atomic mass is 9.97. The second kappa shape index (κ2) is 6.86. The molecule has 122 valence electrons. The number of urea groups is 1. The summed E-state index contributed by atoms with van der Waals surface area (Å²) in [7, 11) is 1.90. The summed E-state index contributed by atoms with van der Waals surface area (Å²) in [4.78, 5) is 14.4. The number of aryl methyl sites for hydroxylation is 1. The van der Waals surface area contributed by atoms with Crippen LogP contribution in [0.5, 0.6) is 0 Å². The molecule has 2 amide bonds. The highest BCUT2D eigenvalue weighted by atomic mass is 16.2. The van der Waals surface area contributed by atoms with Crippen LogP contribution in [0.3, 0.4) is 0 Å². The van der Waals surface area contributed by atoms with Crippen molar-refractivity contribution in [2.75, 3.05) is 13.1 Å². The largest absolute Gasteiger partial charge is 0.338 e. The van der Waals surface area contributed by atoms with Crippen molar-refractivity contribution in [1.29, 1.82) is 0 Å². The summed E-state index contributed by atoms with van der Waals surface area (Å²) in [5, 5.41) is 7.35. The van der Waals surface area contributed by atoms with Gasteiger partial charge in [0.2, 0.25) is 0 Å². The second-order valence-electron chi connectivity index (χ2n) is 6.31. The Labute approximate surface area is 137 Å². The van der Waals surface area contributed by atoms with E-state index >= 15 is 0 Å². The van der Waals surface area contributed by atoms with Gasteiger partial charge >= 0.3 is 6.03 Å². The monoisotopic (exact) mass is 312 g/mol. The lowest BCUT2D eigenvalue weighted by molar-refractivity contribution is 0.196. The average molecular weight is 312 g/mol. The van der Waals surface area contributed by atoms with Crippen molar-refractivity contribution < 1.29 is 4.79 Å². The van der Waals surface area contributed by atoms with Gasteiger partial charge in [0.05, 0.1) is 5.69 Å². The summed E-state index contributed by atoms with van der Waals surface area (Å²) in [6.45, 7) is 3.54. The summed E-state index contributed by atoms with van der Waals surface area (Å²) in [5.41, 5.74) is 2.33. The van der Waals surface area contributed by atoms with Crippen LogP contribution < -0.4 is 5.32 Å². The summed E-state index contributed by atoms with van der Waals surface area (Å²) in [6.07, 6.45) is 3.71. The van der Waals surface area contributed by atoms with Crippen LogP contribution in [-0.4, -0.2) is 39.8 Å². The van der Waals surface area contributed by atoms with Crippen molar-refractivity contribution in [3.8, 4) is 0 Å². The summed E-state index contributed by atoms with van der Waals surface area (Å²) >= 11 is 0.